The second-order valence-corrected chi connectivity index (χ2v) is 26.7. The van der Waals surface area contributed by atoms with E-state index in [0.29, 0.717) is 5.56 Å². The Morgan fingerprint density at radius 1 is 0.725 bits per heavy atom. The average Bonchev–Trinajstić information content (AvgIpc) is 4.05. The molecule has 0 bridgehead atoms. The molecule has 0 atom stereocenters. The third kappa shape index (κ3) is 13.1. The van der Waals surface area contributed by atoms with E-state index < -0.39 is 82.7 Å². The molecule has 36 heteroatoms. The van der Waals surface area contributed by atoms with Gasteiger partial charge < -0.3 is 14.6 Å². The van der Waals surface area contributed by atoms with E-state index in [9.17, 15) is 75.2 Å². The number of azo groups is 3. The number of nitrogens with zero attached hydrogens (tertiary/aromatic N) is 10. The minimum absolute atomic E-state index is 0.0308. The summed E-state index contributed by atoms with van der Waals surface area (Å²) < 4.78 is 180. The fourth-order valence-electron chi connectivity index (χ4n) is 7.69. The lowest BCUT2D eigenvalue weighted by atomic mass is 10.1. The van der Waals surface area contributed by atoms with Gasteiger partial charge in [-0.05, 0) is 85.9 Å². The number of imidazole rings is 1. The van der Waals surface area contributed by atoms with Gasteiger partial charge in [0.1, 0.15) is 55.5 Å². The van der Waals surface area contributed by atoms with Crippen molar-refractivity contribution in [1.82, 2.24) is 14.4 Å². The van der Waals surface area contributed by atoms with Crippen LogP contribution in [0, 0.1) is 25.2 Å². The van der Waals surface area contributed by atoms with E-state index in [1.807, 2.05) is 6.07 Å². The van der Waals surface area contributed by atoms with Crippen molar-refractivity contribution < 1.29 is 79.4 Å². The molecule has 8 aromatic rings. The van der Waals surface area contributed by atoms with Crippen molar-refractivity contribution in [2.45, 2.75) is 46.3 Å². The Balaban J connectivity index is 1.18. The van der Waals surface area contributed by atoms with E-state index in [2.05, 4.69) is 40.7 Å². The Bertz CT molecular complexity index is 4640. The Hall–Kier alpha value is -6.92. The third-order valence-corrected chi connectivity index (χ3v) is 18.0. The van der Waals surface area contributed by atoms with Crippen LogP contribution in [0.5, 0.6) is 17.4 Å². The predicted molar refractivity (Wildman–Crippen MR) is 290 cm³/mol. The summed E-state index contributed by atoms with van der Waals surface area (Å²) in [6, 6.07) is 14.0. The molecule has 0 aliphatic carbocycles. The number of hydrogen-bond acceptors (Lipinski definition) is 24. The minimum Gasteiger partial charge on any atom is -0.495 e. The normalized spacial score (nSPS) is 13.1. The molecule has 3 aromatic heterocycles. The fourth-order valence-corrected chi connectivity index (χ4v) is 12.8. The maximum absolute atomic E-state index is 12.4. The first-order valence-corrected chi connectivity index (χ1v) is 31.9. The lowest BCUT2D eigenvalue weighted by molar-refractivity contribution is 0.317. The van der Waals surface area contributed by atoms with Crippen LogP contribution in [0.25, 0.3) is 37.7 Å². The molecule has 8 rings (SSSR count). The lowest BCUT2D eigenvalue weighted by Gasteiger charge is -2.12. The molecule has 0 saturated heterocycles. The highest BCUT2D eigenvalue weighted by molar-refractivity contribution is 7.99. The molecule has 80 heavy (non-hydrogen) atoms. The first kappa shape index (κ1) is 59.2. The van der Waals surface area contributed by atoms with Gasteiger partial charge in [0.25, 0.3) is 50.6 Å². The van der Waals surface area contributed by atoms with Crippen LogP contribution in [0.3, 0.4) is 0 Å². The summed E-state index contributed by atoms with van der Waals surface area (Å²) in [4.78, 5) is 7.05. The Kier molecular flexibility index (Phi) is 16.7. The number of aromatic nitrogens is 3. The molecule has 0 amide bonds. The van der Waals surface area contributed by atoms with Crippen LogP contribution >= 0.6 is 34.7 Å². The molecule has 3 heterocycles. The average molecular weight is 1250 g/mol. The standard InChI is InChI=1S/C44H37ClN10O18S7/c1-21-12-31(51-53-39-22(2)26(20-46)42-47-30-18-37(79(66,67)68)35(72-3)19-33(30)55(42)43(39)56)34(73-8-4-10-76(57,58)59)16-28(21)49-52-32-15-27(45)29(17-36(32)74-9-5-11-77(60,61)62)50-54-44-48-40-38(80(69,70)71)13-23-6-7-24(78(63,64)65)14-25(23)41(40)75-44/h6-7,12-19,56H,4-5,8-11H2,1-3H3,(H,57,58,59)(H,60,61,62)(H,63,64,65)(H,66,67,68)(H,69,70,71). The number of methoxy groups -OCH3 is 1. The van der Waals surface area contributed by atoms with Gasteiger partial charge in [-0.15, -0.1) is 37.3 Å². The monoisotopic (exact) mass is 1250 g/mol. The van der Waals surface area contributed by atoms with Crippen LogP contribution in [0.2, 0.25) is 5.02 Å². The fraction of sp³-hybridized carbons (Fsp3) is 0.205. The smallest absolute Gasteiger partial charge is 0.298 e. The topological polar surface area (TPSA) is 439 Å². The number of hydrogen-bond donors (Lipinski definition) is 6. The largest absolute Gasteiger partial charge is 0.495 e. The summed E-state index contributed by atoms with van der Waals surface area (Å²) in [5.74, 6) is -2.22. The number of benzene rings is 5. The molecule has 5 aromatic carbocycles. The molecule has 0 aliphatic rings. The minimum atomic E-state index is -4.91. The molecule has 0 radical (unpaired) electrons. The van der Waals surface area contributed by atoms with Gasteiger partial charge in [-0.3, -0.25) is 27.2 Å². The second kappa shape index (κ2) is 22.6. The van der Waals surface area contributed by atoms with Crippen molar-refractivity contribution in [3.8, 4) is 23.4 Å². The summed E-state index contributed by atoms with van der Waals surface area (Å²) in [7, 11) is -22.0. The first-order chi connectivity index (χ1) is 37.3. The molecule has 28 nitrogen and oxygen atoms in total. The van der Waals surface area contributed by atoms with E-state index in [1.54, 1.807) is 6.92 Å². The lowest BCUT2D eigenvalue weighted by Crippen LogP contribution is -2.08. The maximum atomic E-state index is 12.4. The number of fused-ring (bicyclic) bond motifs is 6. The van der Waals surface area contributed by atoms with Crippen molar-refractivity contribution in [3.63, 3.8) is 0 Å². The zero-order valence-corrected chi connectivity index (χ0v) is 47.3. The number of pyridine rings is 1. The van der Waals surface area contributed by atoms with E-state index in [1.165, 1.54) is 43.3 Å². The third-order valence-electron chi connectivity index (χ3n) is 11.4. The van der Waals surface area contributed by atoms with Crippen LogP contribution in [-0.4, -0.2) is 115 Å². The van der Waals surface area contributed by atoms with E-state index in [0.717, 1.165) is 58.9 Å². The number of rotatable bonds is 20. The summed E-state index contributed by atoms with van der Waals surface area (Å²) >= 11 is 8.50. The van der Waals surface area contributed by atoms with Gasteiger partial charge in [0.15, 0.2) is 11.3 Å². The number of thioether (sulfide) groups is 1. The molecular weight excluding hydrogens is 1220 g/mol. The maximum Gasteiger partial charge on any atom is 0.298 e. The van der Waals surface area contributed by atoms with Crippen molar-refractivity contribution in [2.75, 3.05) is 31.0 Å². The highest BCUT2D eigenvalue weighted by atomic mass is 35.5. The van der Waals surface area contributed by atoms with Crippen LogP contribution in [0.15, 0.2) is 111 Å². The summed E-state index contributed by atoms with van der Waals surface area (Å²) in [5, 5.41) is 47.6. The molecule has 0 saturated carbocycles. The molecular formula is C44H37ClN10O18S7. The van der Waals surface area contributed by atoms with Crippen molar-refractivity contribution in [3.05, 3.63) is 82.4 Å². The second-order valence-electron chi connectivity index (χ2n) is 16.9. The summed E-state index contributed by atoms with van der Waals surface area (Å²) in [5.41, 5.74) is -0.232. The van der Waals surface area contributed by atoms with Gasteiger partial charge in [0, 0.05) is 28.0 Å². The van der Waals surface area contributed by atoms with Crippen LogP contribution < -0.4 is 9.47 Å². The molecule has 0 spiro atoms. The SMILES string of the molecule is COc1cc2c(cc1S(=O)(=O)O)nc1c(C#N)c(C)c(N=Nc3cc(C)c(N=Nc4cc(Cl)c(N=Nc5nc6c(S(=O)(=O)O)cc7ccc(S(=O)(=O)O)cc7c6s5)cc4SCCCS(=O)(=O)O)cc3OCCCS(=O)(=O)O)c(O)n12. The quantitative estimate of drug-likeness (QED) is 0.0179. The molecule has 420 valence electrons. The summed E-state index contributed by atoms with van der Waals surface area (Å²) in [6.45, 7) is 2.71. The molecule has 6 N–H and O–H groups in total. The highest BCUT2D eigenvalue weighted by Gasteiger charge is 2.26. The Morgan fingerprint density at radius 2 is 1.39 bits per heavy atom. The van der Waals surface area contributed by atoms with Gasteiger partial charge in [-0.25, -0.2) is 9.97 Å². The van der Waals surface area contributed by atoms with Gasteiger partial charge >= 0.3 is 0 Å². The predicted octanol–water partition coefficient (Wildman–Crippen LogP) is 10.1. The zero-order chi connectivity index (χ0) is 58.4. The van der Waals surface area contributed by atoms with Crippen molar-refractivity contribution >= 4 is 157 Å². The van der Waals surface area contributed by atoms with Crippen LogP contribution in [-0.2, 0) is 50.6 Å². The summed E-state index contributed by atoms with van der Waals surface area (Å²) in [6.07, 6.45) is -0.255. The van der Waals surface area contributed by atoms with Gasteiger partial charge in [-0.1, -0.05) is 29.0 Å². The van der Waals surface area contributed by atoms with Gasteiger partial charge in [0.2, 0.25) is 11.0 Å². The van der Waals surface area contributed by atoms with Crippen molar-refractivity contribution in [1.29, 1.82) is 5.26 Å². The zero-order valence-electron chi connectivity index (χ0n) is 40.8. The Morgan fingerprint density at radius 3 is 2.04 bits per heavy atom. The van der Waals surface area contributed by atoms with Crippen LogP contribution in [0.4, 0.5) is 33.6 Å². The molecule has 0 fully saturated rings. The van der Waals surface area contributed by atoms with E-state index in [-0.39, 0.29) is 129 Å². The number of nitriles is 1. The number of aryl methyl sites for hydroxylation is 1. The number of thiazole rings is 1. The van der Waals surface area contributed by atoms with Gasteiger partial charge in [0.05, 0.1) is 56.6 Å². The number of halogens is 1. The van der Waals surface area contributed by atoms with Crippen molar-refractivity contribution in [2.24, 2.45) is 30.7 Å². The number of aromatic hydroxyl groups is 1. The van der Waals surface area contributed by atoms with Crippen LogP contribution in [0.1, 0.15) is 29.5 Å². The molecule has 0 unspecified atom stereocenters. The van der Waals surface area contributed by atoms with E-state index >= 15 is 0 Å². The number of ether oxygens (including phenoxy) is 2. The Labute approximate surface area is 466 Å². The highest BCUT2D eigenvalue weighted by Crippen LogP contribution is 2.45. The first-order valence-electron chi connectivity index (χ1n) is 22.2. The van der Waals surface area contributed by atoms with Gasteiger partial charge in [-0.2, -0.15) is 52.5 Å². The molecule has 0 aliphatic heterocycles. The van der Waals surface area contributed by atoms with E-state index in [4.69, 9.17) is 21.1 Å².